The fourth-order valence-corrected chi connectivity index (χ4v) is 2.43. The zero-order valence-corrected chi connectivity index (χ0v) is 15.7. The number of carbonyl (C=O) groups is 3. The summed E-state index contributed by atoms with van der Waals surface area (Å²) >= 11 is 0. The third-order valence-corrected chi connectivity index (χ3v) is 4.51. The molecule has 3 atom stereocenters. The van der Waals surface area contributed by atoms with Crippen molar-refractivity contribution in [1.29, 1.82) is 0 Å². The minimum absolute atomic E-state index is 0.0422. The van der Waals surface area contributed by atoms with E-state index in [2.05, 4.69) is 10.1 Å². The van der Waals surface area contributed by atoms with E-state index in [0.29, 0.717) is 6.42 Å². The quantitative estimate of drug-likeness (QED) is 0.697. The maximum atomic E-state index is 12.7. The molecule has 0 aliphatic carbocycles. The van der Waals surface area contributed by atoms with Gasteiger partial charge >= 0.3 is 5.97 Å². The smallest absolute Gasteiger partial charge is 0.308 e. The van der Waals surface area contributed by atoms with Gasteiger partial charge < -0.3 is 10.1 Å². The largest absolute Gasteiger partial charge is 0.469 e. The predicted octanol–water partition coefficient (Wildman–Crippen LogP) is 2.77. The molecule has 0 unspecified atom stereocenters. The van der Waals surface area contributed by atoms with Crippen LogP contribution in [0, 0.1) is 17.8 Å². The molecule has 0 saturated heterocycles. The summed E-state index contributed by atoms with van der Waals surface area (Å²) in [6, 6.07) is 8.88. The molecule has 0 aromatic heterocycles. The summed E-state index contributed by atoms with van der Waals surface area (Å²) < 4.78 is 4.68. The van der Waals surface area contributed by atoms with Crippen LogP contribution in [0.2, 0.25) is 0 Å². The molecule has 1 amide bonds. The Morgan fingerprint density at radius 3 is 2.16 bits per heavy atom. The maximum absolute atomic E-state index is 12.7. The Morgan fingerprint density at radius 1 is 1.04 bits per heavy atom. The lowest BCUT2D eigenvalue weighted by Crippen LogP contribution is -2.46. The van der Waals surface area contributed by atoms with E-state index in [9.17, 15) is 14.4 Å². The molecule has 0 spiro atoms. The van der Waals surface area contributed by atoms with Crippen LogP contribution >= 0.6 is 0 Å². The van der Waals surface area contributed by atoms with Gasteiger partial charge in [0.15, 0.2) is 5.78 Å². The molecule has 0 bridgehead atoms. The van der Waals surface area contributed by atoms with Gasteiger partial charge in [-0.2, -0.15) is 0 Å². The lowest BCUT2D eigenvalue weighted by Gasteiger charge is -2.23. The van der Waals surface area contributed by atoms with Crippen molar-refractivity contribution in [3.8, 4) is 0 Å². The highest BCUT2D eigenvalue weighted by molar-refractivity contribution is 5.92. The number of ketones is 1. The summed E-state index contributed by atoms with van der Waals surface area (Å²) in [5, 5.41) is 2.87. The molecule has 0 radical (unpaired) electrons. The Balaban J connectivity index is 2.88. The van der Waals surface area contributed by atoms with Gasteiger partial charge in [-0.05, 0) is 17.9 Å². The number of rotatable bonds is 9. The summed E-state index contributed by atoms with van der Waals surface area (Å²) in [4.78, 5) is 36.7. The van der Waals surface area contributed by atoms with Crippen molar-refractivity contribution in [2.75, 3.05) is 7.11 Å². The predicted molar refractivity (Wildman–Crippen MR) is 96.9 cm³/mol. The zero-order chi connectivity index (χ0) is 19.0. The third-order valence-electron chi connectivity index (χ3n) is 4.51. The van der Waals surface area contributed by atoms with Gasteiger partial charge in [0, 0.05) is 12.3 Å². The summed E-state index contributed by atoms with van der Waals surface area (Å²) in [6.45, 7) is 7.44. The van der Waals surface area contributed by atoms with Crippen molar-refractivity contribution in [1.82, 2.24) is 5.32 Å². The summed E-state index contributed by atoms with van der Waals surface area (Å²) in [7, 11) is 1.30. The number of methoxy groups -OCH3 is 1. The van der Waals surface area contributed by atoms with Gasteiger partial charge in [0.1, 0.15) is 0 Å². The number of amides is 1. The highest BCUT2D eigenvalue weighted by atomic mass is 16.5. The minimum Gasteiger partial charge on any atom is -0.469 e. The Hall–Kier alpha value is -2.17. The molecule has 0 saturated carbocycles. The van der Waals surface area contributed by atoms with E-state index < -0.39 is 17.9 Å². The number of esters is 1. The molecular formula is C20H29NO4. The third kappa shape index (κ3) is 6.69. The second-order valence-electron chi connectivity index (χ2n) is 6.88. The SMILES string of the molecule is COC(=O)[C@H](C)CC(=O)[C@H](Cc1ccccc1)NC(=O)[C@@H](C)C(C)C. The van der Waals surface area contributed by atoms with E-state index >= 15 is 0 Å². The number of carbonyl (C=O) groups excluding carboxylic acids is 3. The monoisotopic (exact) mass is 347 g/mol. The Bertz CT molecular complexity index is 583. The standard InChI is InChI=1S/C20H29NO4/c1-13(2)15(4)19(23)21-17(12-16-9-7-6-8-10-16)18(22)11-14(3)20(24)25-5/h6-10,13-15,17H,11-12H2,1-5H3,(H,21,23)/t14-,15+,17+/m1/s1. The fraction of sp³-hybridized carbons (Fsp3) is 0.550. The number of hydrogen-bond acceptors (Lipinski definition) is 4. The second-order valence-corrected chi connectivity index (χ2v) is 6.88. The first-order valence-corrected chi connectivity index (χ1v) is 8.71. The fourth-order valence-electron chi connectivity index (χ4n) is 2.43. The highest BCUT2D eigenvalue weighted by Crippen LogP contribution is 2.14. The average Bonchev–Trinajstić information content (AvgIpc) is 2.60. The maximum Gasteiger partial charge on any atom is 0.308 e. The van der Waals surface area contributed by atoms with E-state index in [1.807, 2.05) is 51.1 Å². The minimum atomic E-state index is -0.650. The van der Waals surface area contributed by atoms with Crippen LogP contribution in [-0.4, -0.2) is 30.8 Å². The first-order valence-electron chi connectivity index (χ1n) is 8.71. The van der Waals surface area contributed by atoms with E-state index in [1.54, 1.807) is 6.92 Å². The van der Waals surface area contributed by atoms with Crippen LogP contribution in [0.1, 0.15) is 39.7 Å². The van der Waals surface area contributed by atoms with Crippen molar-refractivity contribution < 1.29 is 19.1 Å². The molecule has 5 nitrogen and oxygen atoms in total. The van der Waals surface area contributed by atoms with Gasteiger partial charge in [0.2, 0.25) is 5.91 Å². The van der Waals surface area contributed by atoms with Crippen molar-refractivity contribution in [2.45, 2.75) is 46.6 Å². The number of hydrogen-bond donors (Lipinski definition) is 1. The lowest BCUT2D eigenvalue weighted by molar-refractivity contribution is -0.146. The van der Waals surface area contributed by atoms with Crippen LogP contribution in [0.3, 0.4) is 0 Å². The van der Waals surface area contributed by atoms with Crippen LogP contribution in [-0.2, 0) is 25.5 Å². The molecule has 1 N–H and O–H groups in total. The Kier molecular flexibility index (Phi) is 8.32. The van der Waals surface area contributed by atoms with Gasteiger partial charge in [-0.25, -0.2) is 0 Å². The molecule has 1 aromatic carbocycles. The molecule has 0 aliphatic heterocycles. The molecule has 0 aliphatic rings. The highest BCUT2D eigenvalue weighted by Gasteiger charge is 2.27. The number of nitrogens with one attached hydrogen (secondary N) is 1. The van der Waals surface area contributed by atoms with Crippen LogP contribution in [0.5, 0.6) is 0 Å². The van der Waals surface area contributed by atoms with Gasteiger partial charge in [0.05, 0.1) is 19.1 Å². The Morgan fingerprint density at radius 2 is 1.64 bits per heavy atom. The van der Waals surface area contributed by atoms with Gasteiger partial charge in [0.25, 0.3) is 0 Å². The summed E-state index contributed by atoms with van der Waals surface area (Å²) in [6.07, 6.45) is 0.449. The van der Waals surface area contributed by atoms with Crippen LogP contribution in [0.15, 0.2) is 30.3 Å². The molecule has 1 rings (SSSR count). The first-order chi connectivity index (χ1) is 11.8. The van der Waals surface area contributed by atoms with E-state index in [1.165, 1.54) is 7.11 Å². The molecule has 25 heavy (non-hydrogen) atoms. The van der Waals surface area contributed by atoms with E-state index in [0.717, 1.165) is 5.56 Å². The number of benzene rings is 1. The van der Waals surface area contributed by atoms with Crippen molar-refractivity contribution in [3.05, 3.63) is 35.9 Å². The van der Waals surface area contributed by atoms with Crippen LogP contribution in [0.4, 0.5) is 0 Å². The molecule has 1 aromatic rings. The van der Waals surface area contributed by atoms with Crippen LogP contribution in [0.25, 0.3) is 0 Å². The van der Waals surface area contributed by atoms with Crippen LogP contribution < -0.4 is 5.32 Å². The topological polar surface area (TPSA) is 72.5 Å². The first kappa shape index (κ1) is 20.9. The normalized spacial score (nSPS) is 14.5. The molecular weight excluding hydrogens is 318 g/mol. The van der Waals surface area contributed by atoms with E-state index in [-0.39, 0.29) is 29.9 Å². The van der Waals surface area contributed by atoms with Crippen molar-refractivity contribution in [2.24, 2.45) is 17.8 Å². The summed E-state index contributed by atoms with van der Waals surface area (Å²) in [5.41, 5.74) is 0.962. The average molecular weight is 347 g/mol. The van der Waals surface area contributed by atoms with Gasteiger partial charge in [-0.3, -0.25) is 14.4 Å². The molecule has 0 fully saturated rings. The second kappa shape index (κ2) is 9.97. The van der Waals surface area contributed by atoms with Crippen molar-refractivity contribution >= 4 is 17.7 Å². The molecule has 0 heterocycles. The zero-order valence-electron chi connectivity index (χ0n) is 15.7. The lowest BCUT2D eigenvalue weighted by atomic mass is 9.93. The van der Waals surface area contributed by atoms with Gasteiger partial charge in [-0.15, -0.1) is 0 Å². The number of ether oxygens (including phenoxy) is 1. The number of Topliss-reactive ketones (excluding diaryl/α,β-unsaturated/α-hetero) is 1. The van der Waals surface area contributed by atoms with E-state index in [4.69, 9.17) is 0 Å². The Labute approximate surface area is 150 Å². The summed E-state index contributed by atoms with van der Waals surface area (Å²) in [5.74, 6) is -1.27. The molecule has 5 heteroatoms. The molecule has 138 valence electrons. The van der Waals surface area contributed by atoms with Crippen molar-refractivity contribution in [3.63, 3.8) is 0 Å². The van der Waals surface area contributed by atoms with Gasteiger partial charge in [-0.1, -0.05) is 58.0 Å².